The quantitative estimate of drug-likeness (QED) is 0.877. The van der Waals surface area contributed by atoms with Gasteiger partial charge in [0, 0.05) is 19.3 Å². The van der Waals surface area contributed by atoms with Gasteiger partial charge in [-0.2, -0.15) is 0 Å². The van der Waals surface area contributed by atoms with Crippen LogP contribution < -0.4 is 15.4 Å². The fourth-order valence-corrected chi connectivity index (χ4v) is 2.47. The Morgan fingerprint density at radius 2 is 2.24 bits per heavy atom. The van der Waals surface area contributed by atoms with Gasteiger partial charge in [-0.25, -0.2) is 0 Å². The first kappa shape index (κ1) is 16.1. The number of hydrogen-bond donors (Lipinski definition) is 2. The molecule has 0 aliphatic carbocycles. The average molecular weight is 313 g/mol. The summed E-state index contributed by atoms with van der Waals surface area (Å²) < 4.78 is 10.8. The highest BCUT2D eigenvalue weighted by Crippen LogP contribution is 2.28. The average Bonchev–Trinajstić information content (AvgIpc) is 2.90. The molecule has 0 radical (unpaired) electrons. The molecule has 6 heteroatoms. The number of hydrogen-bond acceptors (Lipinski definition) is 4. The summed E-state index contributed by atoms with van der Waals surface area (Å²) in [7, 11) is 1.65. The third kappa shape index (κ3) is 4.33. The van der Waals surface area contributed by atoms with E-state index in [1.807, 2.05) is 13.8 Å². The lowest BCUT2D eigenvalue weighted by Gasteiger charge is -2.14. The van der Waals surface area contributed by atoms with E-state index in [2.05, 4.69) is 10.6 Å². The first-order chi connectivity index (χ1) is 9.99. The smallest absolute Gasteiger partial charge is 0.241 e. The molecule has 0 spiro atoms. The number of halogens is 1. The highest BCUT2D eigenvalue weighted by atomic mass is 35.5. The van der Waals surface area contributed by atoms with E-state index in [9.17, 15) is 4.79 Å². The Bertz CT molecular complexity index is 508. The molecular weight excluding hydrogens is 292 g/mol. The summed E-state index contributed by atoms with van der Waals surface area (Å²) >= 11 is 6.15. The predicted octanol–water partition coefficient (Wildman–Crippen LogP) is 2.44. The van der Waals surface area contributed by atoms with Gasteiger partial charge in [0.1, 0.15) is 5.75 Å². The van der Waals surface area contributed by atoms with E-state index >= 15 is 0 Å². The van der Waals surface area contributed by atoms with Crippen LogP contribution in [0.25, 0.3) is 0 Å². The molecule has 116 valence electrons. The number of ether oxygens (including phenoxy) is 2. The zero-order valence-electron chi connectivity index (χ0n) is 12.5. The van der Waals surface area contributed by atoms with Crippen LogP contribution in [0.1, 0.15) is 20.3 Å². The fraction of sp³-hybridized carbons (Fsp3) is 0.533. The maximum atomic E-state index is 12.1. The van der Waals surface area contributed by atoms with Crippen LogP contribution in [0, 0.1) is 0 Å². The lowest BCUT2D eigenvalue weighted by atomic mass is 10.2. The van der Waals surface area contributed by atoms with Crippen molar-refractivity contribution in [2.24, 2.45) is 0 Å². The molecule has 0 bridgehead atoms. The number of nitrogens with one attached hydrogen (secondary N) is 2. The molecule has 0 saturated carbocycles. The molecule has 1 amide bonds. The monoisotopic (exact) mass is 312 g/mol. The van der Waals surface area contributed by atoms with E-state index in [0.717, 1.165) is 0 Å². The Balaban J connectivity index is 1.97. The molecule has 21 heavy (non-hydrogen) atoms. The van der Waals surface area contributed by atoms with Crippen molar-refractivity contribution in [2.75, 3.05) is 19.0 Å². The van der Waals surface area contributed by atoms with Crippen molar-refractivity contribution in [1.29, 1.82) is 0 Å². The van der Waals surface area contributed by atoms with Gasteiger partial charge in [0.05, 0.1) is 23.3 Å². The summed E-state index contributed by atoms with van der Waals surface area (Å²) in [5.41, 5.74) is 0.656. The Morgan fingerprint density at radius 3 is 2.81 bits per heavy atom. The summed E-state index contributed by atoms with van der Waals surface area (Å²) in [5, 5.41) is 6.47. The van der Waals surface area contributed by atoms with Crippen molar-refractivity contribution in [2.45, 2.75) is 38.5 Å². The molecule has 1 aromatic rings. The SMILES string of the molecule is COC1CNC(C(=O)Nc2ccc(OC(C)C)c(Cl)c2)C1. The number of benzene rings is 1. The minimum atomic E-state index is -0.236. The van der Waals surface area contributed by atoms with Crippen molar-refractivity contribution in [3.05, 3.63) is 23.2 Å². The van der Waals surface area contributed by atoms with Crippen molar-refractivity contribution in [1.82, 2.24) is 5.32 Å². The zero-order valence-corrected chi connectivity index (χ0v) is 13.2. The summed E-state index contributed by atoms with van der Waals surface area (Å²) in [6, 6.07) is 5.00. The number of carbonyl (C=O) groups excluding carboxylic acids is 1. The van der Waals surface area contributed by atoms with Crippen LogP contribution in [0.3, 0.4) is 0 Å². The third-order valence-corrected chi connectivity index (χ3v) is 3.60. The molecule has 2 rings (SSSR count). The van der Waals surface area contributed by atoms with Gasteiger partial charge in [-0.1, -0.05) is 11.6 Å². The molecule has 1 aliphatic heterocycles. The van der Waals surface area contributed by atoms with Crippen LogP contribution in [0.5, 0.6) is 5.75 Å². The minimum Gasteiger partial charge on any atom is -0.489 e. The largest absolute Gasteiger partial charge is 0.489 e. The van der Waals surface area contributed by atoms with Crippen molar-refractivity contribution < 1.29 is 14.3 Å². The third-order valence-electron chi connectivity index (χ3n) is 3.30. The Morgan fingerprint density at radius 1 is 1.48 bits per heavy atom. The molecule has 1 aromatic carbocycles. The van der Waals surface area contributed by atoms with Crippen LogP contribution in [0.15, 0.2) is 18.2 Å². The zero-order chi connectivity index (χ0) is 15.4. The number of methoxy groups -OCH3 is 1. The second kappa shape index (κ2) is 7.11. The highest BCUT2D eigenvalue weighted by Gasteiger charge is 2.29. The molecular formula is C15H21ClN2O3. The molecule has 2 N–H and O–H groups in total. The van der Waals surface area contributed by atoms with E-state index in [-0.39, 0.29) is 24.2 Å². The van der Waals surface area contributed by atoms with E-state index in [1.54, 1.807) is 25.3 Å². The summed E-state index contributed by atoms with van der Waals surface area (Å²) in [6.45, 7) is 4.56. The summed E-state index contributed by atoms with van der Waals surface area (Å²) in [5.74, 6) is 0.534. The molecule has 2 atom stereocenters. The second-order valence-corrected chi connectivity index (χ2v) is 5.76. The molecule has 2 unspecified atom stereocenters. The highest BCUT2D eigenvalue weighted by molar-refractivity contribution is 6.32. The summed E-state index contributed by atoms with van der Waals surface area (Å²) in [4.78, 5) is 12.1. The van der Waals surface area contributed by atoms with Gasteiger partial charge in [-0.3, -0.25) is 4.79 Å². The number of amides is 1. The van der Waals surface area contributed by atoms with Crippen molar-refractivity contribution >= 4 is 23.2 Å². The van der Waals surface area contributed by atoms with Gasteiger partial charge >= 0.3 is 0 Å². The lowest BCUT2D eigenvalue weighted by Crippen LogP contribution is -2.35. The van der Waals surface area contributed by atoms with Crippen molar-refractivity contribution in [3.63, 3.8) is 0 Å². The number of carbonyl (C=O) groups is 1. The van der Waals surface area contributed by atoms with Crippen LogP contribution in [0.2, 0.25) is 5.02 Å². The second-order valence-electron chi connectivity index (χ2n) is 5.36. The maximum absolute atomic E-state index is 12.1. The minimum absolute atomic E-state index is 0.0524. The fourth-order valence-electron chi connectivity index (χ4n) is 2.24. The Kier molecular flexibility index (Phi) is 5.45. The molecule has 1 fully saturated rings. The maximum Gasteiger partial charge on any atom is 0.241 e. The van der Waals surface area contributed by atoms with Gasteiger partial charge in [-0.05, 0) is 38.5 Å². The first-order valence-electron chi connectivity index (χ1n) is 7.03. The molecule has 1 saturated heterocycles. The van der Waals surface area contributed by atoms with Crippen LogP contribution in [-0.4, -0.2) is 37.8 Å². The van der Waals surface area contributed by atoms with Crippen LogP contribution >= 0.6 is 11.6 Å². The van der Waals surface area contributed by atoms with E-state index < -0.39 is 0 Å². The number of rotatable bonds is 5. The van der Waals surface area contributed by atoms with Crippen LogP contribution in [-0.2, 0) is 9.53 Å². The Labute approximate surface area is 130 Å². The van der Waals surface area contributed by atoms with Gasteiger partial charge < -0.3 is 20.1 Å². The topological polar surface area (TPSA) is 59.6 Å². The van der Waals surface area contributed by atoms with E-state index in [1.165, 1.54) is 0 Å². The number of anilines is 1. The molecule has 0 aromatic heterocycles. The standard InChI is InChI=1S/C15H21ClN2O3/c1-9(2)21-14-5-4-10(6-12(14)16)18-15(19)13-7-11(20-3)8-17-13/h4-6,9,11,13,17H,7-8H2,1-3H3,(H,18,19). The van der Waals surface area contributed by atoms with Gasteiger partial charge in [0.25, 0.3) is 0 Å². The summed E-state index contributed by atoms with van der Waals surface area (Å²) in [6.07, 6.45) is 0.813. The first-order valence-corrected chi connectivity index (χ1v) is 7.40. The van der Waals surface area contributed by atoms with Crippen LogP contribution in [0.4, 0.5) is 5.69 Å². The van der Waals surface area contributed by atoms with E-state index in [4.69, 9.17) is 21.1 Å². The van der Waals surface area contributed by atoms with E-state index in [0.29, 0.717) is 29.4 Å². The lowest BCUT2D eigenvalue weighted by molar-refractivity contribution is -0.118. The van der Waals surface area contributed by atoms with Gasteiger partial charge in [0.2, 0.25) is 5.91 Å². The molecule has 1 heterocycles. The molecule has 5 nitrogen and oxygen atoms in total. The van der Waals surface area contributed by atoms with Crippen molar-refractivity contribution in [3.8, 4) is 5.75 Å². The Hall–Kier alpha value is -1.30. The molecule has 1 aliphatic rings. The van der Waals surface area contributed by atoms with Gasteiger partial charge in [0.15, 0.2) is 0 Å². The van der Waals surface area contributed by atoms with Gasteiger partial charge in [-0.15, -0.1) is 0 Å². The normalized spacial score (nSPS) is 21.6. The predicted molar refractivity (Wildman–Crippen MR) is 83.1 cm³/mol.